The molecule has 0 bridgehead atoms. The van der Waals surface area contributed by atoms with Gasteiger partial charge in [0.05, 0.1) is 19.7 Å². The molecule has 0 radical (unpaired) electrons. The molecule has 1 saturated carbocycles. The molecule has 0 spiro atoms. The molecule has 5 rings (SSSR count). The summed E-state index contributed by atoms with van der Waals surface area (Å²) >= 11 is 0. The smallest absolute Gasteiger partial charge is 0.290 e. The van der Waals surface area contributed by atoms with Crippen molar-refractivity contribution in [1.82, 2.24) is 15.3 Å². The van der Waals surface area contributed by atoms with Crippen LogP contribution < -0.4 is 19.7 Å². The molecule has 1 aliphatic carbocycles. The summed E-state index contributed by atoms with van der Waals surface area (Å²) in [5.41, 5.74) is 4.01. The summed E-state index contributed by atoms with van der Waals surface area (Å²) in [5, 5.41) is 10.9. The van der Waals surface area contributed by atoms with Crippen molar-refractivity contribution in [2.45, 2.75) is 31.8 Å². The fourth-order valence-electron chi connectivity index (χ4n) is 3.99. The summed E-state index contributed by atoms with van der Waals surface area (Å²) in [4.78, 5) is 32.0. The number of benzene rings is 2. The lowest BCUT2D eigenvalue weighted by atomic mass is 9.96. The van der Waals surface area contributed by atoms with Crippen molar-refractivity contribution in [3.63, 3.8) is 0 Å². The number of aromatic nitrogens is 2. The van der Waals surface area contributed by atoms with Crippen molar-refractivity contribution >= 4 is 29.1 Å². The number of methoxy groups -OCH3 is 2. The van der Waals surface area contributed by atoms with Gasteiger partial charge in [-0.05, 0) is 48.6 Å². The topological polar surface area (TPSA) is 114 Å². The lowest BCUT2D eigenvalue weighted by Crippen LogP contribution is -2.32. The van der Waals surface area contributed by atoms with Gasteiger partial charge in [-0.1, -0.05) is 6.07 Å². The summed E-state index contributed by atoms with van der Waals surface area (Å²) in [6.45, 7) is 1.31. The molecular weight excluding hydrogens is 424 g/mol. The molecule has 0 saturated heterocycles. The number of nitrogens with one attached hydrogen (secondary N) is 1. The monoisotopic (exact) mass is 450 g/mol. The first-order chi connectivity index (χ1) is 16.1. The van der Waals surface area contributed by atoms with Gasteiger partial charge < -0.3 is 24.8 Å². The quantitative estimate of drug-likeness (QED) is 0.571. The van der Waals surface area contributed by atoms with E-state index in [-0.39, 0.29) is 12.4 Å². The van der Waals surface area contributed by atoms with Gasteiger partial charge >= 0.3 is 0 Å². The summed E-state index contributed by atoms with van der Waals surface area (Å²) in [6, 6.07) is 10.2. The third kappa shape index (κ3) is 4.82. The van der Waals surface area contributed by atoms with E-state index in [9.17, 15) is 4.79 Å². The predicted molar refractivity (Wildman–Crippen MR) is 123 cm³/mol. The molecule has 1 fully saturated rings. The molecule has 9 nitrogen and oxygen atoms in total. The van der Waals surface area contributed by atoms with E-state index >= 15 is 0 Å². The van der Waals surface area contributed by atoms with E-state index in [4.69, 9.17) is 19.4 Å². The second-order valence-corrected chi connectivity index (χ2v) is 7.93. The van der Waals surface area contributed by atoms with Crippen LogP contribution in [0.1, 0.15) is 34.3 Å². The van der Waals surface area contributed by atoms with Crippen LogP contribution in [0.2, 0.25) is 0 Å². The van der Waals surface area contributed by atoms with Gasteiger partial charge in [-0.25, -0.2) is 9.97 Å². The SMILES string of the molecule is COc1cc2ncnc(N3CCc4cc(C(=O)NC5CC5)ccc4C3)c2cc1OC.O=CO. The van der Waals surface area contributed by atoms with Crippen LogP contribution in [0.3, 0.4) is 0 Å². The Morgan fingerprint density at radius 3 is 2.55 bits per heavy atom. The number of hydrogen-bond acceptors (Lipinski definition) is 7. The highest BCUT2D eigenvalue weighted by Gasteiger charge is 2.25. The van der Waals surface area contributed by atoms with Gasteiger partial charge in [-0.2, -0.15) is 0 Å². The molecular formula is C24H26N4O5. The van der Waals surface area contributed by atoms with Crippen molar-refractivity contribution in [2.75, 3.05) is 25.7 Å². The zero-order valence-corrected chi connectivity index (χ0v) is 18.6. The van der Waals surface area contributed by atoms with Crippen LogP contribution in [-0.4, -0.2) is 54.3 Å². The second kappa shape index (κ2) is 9.72. The minimum Gasteiger partial charge on any atom is -0.493 e. The fourth-order valence-corrected chi connectivity index (χ4v) is 3.99. The lowest BCUT2D eigenvalue weighted by molar-refractivity contribution is -0.122. The molecule has 2 aromatic carbocycles. The third-order valence-corrected chi connectivity index (χ3v) is 5.81. The molecule has 2 heterocycles. The van der Waals surface area contributed by atoms with Crippen molar-refractivity contribution in [3.8, 4) is 11.5 Å². The normalized spacial score (nSPS) is 14.5. The van der Waals surface area contributed by atoms with Crippen LogP contribution in [0.5, 0.6) is 11.5 Å². The highest BCUT2D eigenvalue weighted by molar-refractivity contribution is 5.95. The maximum absolute atomic E-state index is 12.4. The zero-order chi connectivity index (χ0) is 23.4. The number of carbonyl (C=O) groups is 2. The number of anilines is 1. The number of amides is 1. The van der Waals surface area contributed by atoms with Crippen LogP contribution in [-0.2, 0) is 17.8 Å². The summed E-state index contributed by atoms with van der Waals surface area (Å²) in [6.07, 6.45) is 4.63. The predicted octanol–water partition coefficient (Wildman–Crippen LogP) is 2.80. The van der Waals surface area contributed by atoms with Gasteiger partial charge in [0.25, 0.3) is 12.4 Å². The molecule has 3 aromatic rings. The van der Waals surface area contributed by atoms with Gasteiger partial charge in [0.15, 0.2) is 11.5 Å². The average Bonchev–Trinajstić information content (AvgIpc) is 3.66. The molecule has 2 N–H and O–H groups in total. The second-order valence-electron chi connectivity index (χ2n) is 7.93. The maximum Gasteiger partial charge on any atom is 0.290 e. The highest BCUT2D eigenvalue weighted by Crippen LogP contribution is 2.36. The Kier molecular flexibility index (Phi) is 6.58. The van der Waals surface area contributed by atoms with E-state index in [0.29, 0.717) is 17.5 Å². The van der Waals surface area contributed by atoms with Crippen LogP contribution >= 0.6 is 0 Å². The number of fused-ring (bicyclic) bond motifs is 2. The van der Waals surface area contributed by atoms with Crippen LogP contribution in [0.15, 0.2) is 36.7 Å². The molecule has 172 valence electrons. The van der Waals surface area contributed by atoms with E-state index in [1.165, 1.54) is 11.1 Å². The summed E-state index contributed by atoms with van der Waals surface area (Å²) < 4.78 is 10.9. The summed E-state index contributed by atoms with van der Waals surface area (Å²) in [7, 11) is 3.24. The molecule has 2 aliphatic rings. The first kappa shape index (κ1) is 22.3. The summed E-state index contributed by atoms with van der Waals surface area (Å²) in [5.74, 6) is 2.22. The fraction of sp³-hybridized carbons (Fsp3) is 0.333. The van der Waals surface area contributed by atoms with Gasteiger partial charge in [0.1, 0.15) is 12.1 Å². The third-order valence-electron chi connectivity index (χ3n) is 5.81. The number of rotatable bonds is 5. The first-order valence-electron chi connectivity index (χ1n) is 10.7. The van der Waals surface area contributed by atoms with Crippen LogP contribution in [0.4, 0.5) is 5.82 Å². The number of ether oxygens (including phenoxy) is 2. The van der Waals surface area contributed by atoms with E-state index in [1.807, 2.05) is 24.3 Å². The van der Waals surface area contributed by atoms with Crippen molar-refractivity contribution in [1.29, 1.82) is 0 Å². The average molecular weight is 450 g/mol. The molecule has 1 amide bonds. The van der Waals surface area contributed by atoms with Gasteiger partial charge in [-0.15, -0.1) is 0 Å². The van der Waals surface area contributed by atoms with Gasteiger partial charge in [0, 0.05) is 36.1 Å². The molecule has 1 aromatic heterocycles. The van der Waals surface area contributed by atoms with Crippen molar-refractivity contribution in [2.24, 2.45) is 0 Å². The van der Waals surface area contributed by atoms with E-state index in [2.05, 4.69) is 26.3 Å². The van der Waals surface area contributed by atoms with Gasteiger partial charge in [0.2, 0.25) is 0 Å². The minimum absolute atomic E-state index is 0.0329. The molecule has 33 heavy (non-hydrogen) atoms. The Morgan fingerprint density at radius 1 is 1.12 bits per heavy atom. The van der Waals surface area contributed by atoms with Crippen LogP contribution in [0, 0.1) is 0 Å². The Labute approximate surface area is 191 Å². The number of hydrogen-bond donors (Lipinski definition) is 2. The molecule has 0 unspecified atom stereocenters. The largest absolute Gasteiger partial charge is 0.493 e. The Hall–Kier alpha value is -3.88. The Morgan fingerprint density at radius 2 is 1.85 bits per heavy atom. The first-order valence-corrected chi connectivity index (χ1v) is 10.7. The molecule has 9 heteroatoms. The number of carbonyl (C=O) groups excluding carboxylic acids is 1. The Balaban J connectivity index is 0.000000821. The lowest BCUT2D eigenvalue weighted by Gasteiger charge is -2.30. The van der Waals surface area contributed by atoms with E-state index in [1.54, 1.807) is 20.5 Å². The highest BCUT2D eigenvalue weighted by atomic mass is 16.5. The van der Waals surface area contributed by atoms with Crippen molar-refractivity contribution in [3.05, 3.63) is 53.3 Å². The van der Waals surface area contributed by atoms with E-state index < -0.39 is 0 Å². The maximum atomic E-state index is 12.4. The molecule has 1 aliphatic heterocycles. The van der Waals surface area contributed by atoms with Gasteiger partial charge in [-0.3, -0.25) is 9.59 Å². The van der Waals surface area contributed by atoms with Crippen molar-refractivity contribution < 1.29 is 24.2 Å². The zero-order valence-electron chi connectivity index (χ0n) is 18.6. The minimum atomic E-state index is -0.250. The standard InChI is InChI=1S/C23H24N4O3.CH2O2/c1-29-20-10-18-19(11-21(20)30-2)24-13-25-22(18)27-8-7-14-9-15(3-4-16(14)12-27)23(28)26-17-5-6-17;2-1-3/h3-4,9-11,13,17H,5-8,12H2,1-2H3,(H,26,28);1H,(H,2,3). The molecule has 0 atom stereocenters. The van der Waals surface area contributed by atoms with E-state index in [0.717, 1.165) is 54.6 Å². The number of nitrogens with zero attached hydrogens (tertiary/aromatic N) is 3. The number of carboxylic acid groups (broad SMARTS) is 1. The van der Waals surface area contributed by atoms with Crippen LogP contribution in [0.25, 0.3) is 10.9 Å². The Bertz CT molecular complexity index is 1180.